The number of aromatic nitrogens is 1. The number of hydrogen-bond acceptors (Lipinski definition) is 4. The minimum atomic E-state index is -3.51. The number of sulfonamides is 1. The molecule has 162 valence electrons. The fourth-order valence-electron chi connectivity index (χ4n) is 3.70. The van der Waals surface area contributed by atoms with Gasteiger partial charge in [0.25, 0.3) is 5.91 Å². The van der Waals surface area contributed by atoms with Gasteiger partial charge in [0.15, 0.2) is 4.80 Å². The number of rotatable bonds is 5. The molecule has 1 aromatic heterocycles. The highest BCUT2D eigenvalue weighted by Gasteiger charge is 2.27. The van der Waals surface area contributed by atoms with Crippen molar-refractivity contribution in [2.75, 3.05) is 13.1 Å². The second-order valence-corrected chi connectivity index (χ2v) is 10.7. The van der Waals surface area contributed by atoms with E-state index >= 15 is 0 Å². The van der Waals surface area contributed by atoms with E-state index in [-0.39, 0.29) is 4.90 Å². The number of nitrogens with zero attached hydrogens (tertiary/aromatic N) is 3. The summed E-state index contributed by atoms with van der Waals surface area (Å²) in [7, 11) is -3.51. The fourth-order valence-corrected chi connectivity index (χ4v) is 6.46. The highest BCUT2D eigenvalue weighted by molar-refractivity contribution is 7.89. The molecule has 1 amide bonds. The van der Waals surface area contributed by atoms with Crippen LogP contribution in [0.3, 0.4) is 0 Å². The molecule has 0 saturated carbocycles. The monoisotopic (exact) mass is 475 g/mol. The first-order chi connectivity index (χ1) is 14.8. The standard InChI is InChI=1S/C22H22ClN3O3S2/c1-3-12-26-20-15(2)18(23)10-11-19(20)30-22(26)24-21(27)16-6-8-17(9-7-16)31(28,29)25-13-4-5-14-25/h3,6-11H,1,4-5,12-14H2,2H3. The Labute approximate surface area is 190 Å². The Hall–Kier alpha value is -2.26. The second kappa shape index (κ2) is 8.70. The second-order valence-electron chi connectivity index (χ2n) is 7.36. The molecule has 0 N–H and O–H groups in total. The first-order valence-electron chi connectivity index (χ1n) is 9.91. The summed E-state index contributed by atoms with van der Waals surface area (Å²) in [5, 5.41) is 0.649. The van der Waals surface area contributed by atoms with Gasteiger partial charge in [0.2, 0.25) is 10.0 Å². The minimum absolute atomic E-state index is 0.194. The summed E-state index contributed by atoms with van der Waals surface area (Å²) >= 11 is 7.69. The number of carbonyl (C=O) groups is 1. The molecule has 1 saturated heterocycles. The number of hydrogen-bond donors (Lipinski definition) is 0. The van der Waals surface area contributed by atoms with Crippen molar-refractivity contribution in [1.82, 2.24) is 8.87 Å². The van der Waals surface area contributed by atoms with Crippen LogP contribution in [0.25, 0.3) is 10.2 Å². The Bertz CT molecular complexity index is 1330. The van der Waals surface area contributed by atoms with E-state index in [4.69, 9.17) is 11.6 Å². The van der Waals surface area contributed by atoms with Gasteiger partial charge in [-0.3, -0.25) is 4.79 Å². The Morgan fingerprint density at radius 3 is 2.52 bits per heavy atom. The highest BCUT2D eigenvalue weighted by atomic mass is 35.5. The van der Waals surface area contributed by atoms with Crippen LogP contribution in [0.4, 0.5) is 0 Å². The number of benzene rings is 2. The Morgan fingerprint density at radius 1 is 1.19 bits per heavy atom. The van der Waals surface area contributed by atoms with E-state index in [0.29, 0.717) is 35.0 Å². The van der Waals surface area contributed by atoms with Gasteiger partial charge < -0.3 is 4.57 Å². The predicted molar refractivity (Wildman–Crippen MR) is 124 cm³/mol. The Kier molecular flexibility index (Phi) is 6.16. The van der Waals surface area contributed by atoms with Crippen LogP contribution >= 0.6 is 22.9 Å². The summed E-state index contributed by atoms with van der Waals surface area (Å²) in [6.45, 7) is 7.30. The molecular weight excluding hydrogens is 454 g/mol. The average molecular weight is 476 g/mol. The molecule has 0 radical (unpaired) electrons. The van der Waals surface area contributed by atoms with E-state index in [0.717, 1.165) is 28.6 Å². The summed E-state index contributed by atoms with van der Waals surface area (Å²) in [5.74, 6) is -0.432. The molecule has 2 aromatic carbocycles. The summed E-state index contributed by atoms with van der Waals surface area (Å²) in [5.41, 5.74) is 2.18. The van der Waals surface area contributed by atoms with E-state index in [9.17, 15) is 13.2 Å². The largest absolute Gasteiger partial charge is 0.312 e. The average Bonchev–Trinajstić information content (AvgIpc) is 3.41. The third-order valence-corrected chi connectivity index (χ3v) is 8.71. The van der Waals surface area contributed by atoms with Crippen molar-refractivity contribution in [2.45, 2.75) is 31.2 Å². The van der Waals surface area contributed by atoms with E-state index < -0.39 is 15.9 Å². The summed E-state index contributed by atoms with van der Waals surface area (Å²) in [6.07, 6.45) is 3.49. The fraction of sp³-hybridized carbons (Fsp3) is 0.273. The van der Waals surface area contributed by atoms with Crippen LogP contribution in [0.2, 0.25) is 5.02 Å². The van der Waals surface area contributed by atoms with E-state index in [1.165, 1.54) is 39.9 Å². The molecule has 0 bridgehead atoms. The molecule has 3 aromatic rings. The van der Waals surface area contributed by atoms with E-state index in [2.05, 4.69) is 11.6 Å². The predicted octanol–water partition coefficient (Wildman–Crippen LogP) is 4.38. The molecule has 4 rings (SSSR count). The number of amides is 1. The topological polar surface area (TPSA) is 71.7 Å². The van der Waals surface area contributed by atoms with Crippen LogP contribution in [0.5, 0.6) is 0 Å². The number of thiazole rings is 1. The third-order valence-electron chi connectivity index (χ3n) is 5.34. The molecule has 9 heteroatoms. The van der Waals surface area contributed by atoms with Crippen LogP contribution in [0.1, 0.15) is 28.8 Å². The molecule has 0 atom stereocenters. The van der Waals surface area contributed by atoms with Gasteiger partial charge in [0, 0.05) is 30.2 Å². The lowest BCUT2D eigenvalue weighted by Crippen LogP contribution is -2.27. The lowest BCUT2D eigenvalue weighted by molar-refractivity contribution is 0.0997. The van der Waals surface area contributed by atoms with Gasteiger partial charge in [-0.25, -0.2) is 8.42 Å². The Morgan fingerprint density at radius 2 is 1.87 bits per heavy atom. The van der Waals surface area contributed by atoms with Gasteiger partial charge in [0.05, 0.1) is 15.1 Å². The quantitative estimate of drug-likeness (QED) is 0.514. The van der Waals surface area contributed by atoms with E-state index in [1.54, 1.807) is 6.08 Å². The molecule has 0 aliphatic carbocycles. The molecule has 0 unspecified atom stereocenters. The van der Waals surface area contributed by atoms with Gasteiger partial charge in [-0.05, 0) is 61.7 Å². The lowest BCUT2D eigenvalue weighted by atomic mass is 10.2. The molecule has 1 aliphatic heterocycles. The molecule has 2 heterocycles. The van der Waals surface area contributed by atoms with Gasteiger partial charge in [-0.1, -0.05) is 29.0 Å². The number of halogens is 1. The maximum absolute atomic E-state index is 12.8. The maximum atomic E-state index is 12.8. The SMILES string of the molecule is C=CCn1c(=NC(=O)c2ccc(S(=O)(=O)N3CCCC3)cc2)sc2ccc(Cl)c(C)c21. The van der Waals surface area contributed by atoms with Crippen LogP contribution in [0, 0.1) is 6.92 Å². The molecular formula is C22H22ClN3O3S2. The molecule has 0 spiro atoms. The van der Waals surface area contributed by atoms with Gasteiger partial charge in [-0.15, -0.1) is 6.58 Å². The van der Waals surface area contributed by atoms with Gasteiger partial charge >= 0.3 is 0 Å². The zero-order chi connectivity index (χ0) is 22.2. The van der Waals surface area contributed by atoms with Gasteiger partial charge in [-0.2, -0.15) is 9.30 Å². The summed E-state index contributed by atoms with van der Waals surface area (Å²) in [4.78, 5) is 17.9. The van der Waals surface area contributed by atoms with Gasteiger partial charge in [0.1, 0.15) is 0 Å². The van der Waals surface area contributed by atoms with E-state index in [1.807, 2.05) is 23.6 Å². The summed E-state index contributed by atoms with van der Waals surface area (Å²) < 4.78 is 29.7. The zero-order valence-corrected chi connectivity index (χ0v) is 19.4. The first kappa shape index (κ1) is 22.0. The van der Waals surface area contributed by atoms with Crippen LogP contribution in [-0.4, -0.2) is 36.3 Å². The van der Waals surface area contributed by atoms with Crippen molar-refractivity contribution in [1.29, 1.82) is 0 Å². The molecule has 6 nitrogen and oxygen atoms in total. The van der Waals surface area contributed by atoms with Crippen molar-refractivity contribution >= 4 is 49.1 Å². The molecule has 31 heavy (non-hydrogen) atoms. The normalized spacial score (nSPS) is 15.6. The highest BCUT2D eigenvalue weighted by Crippen LogP contribution is 2.27. The molecule has 1 fully saturated rings. The smallest absolute Gasteiger partial charge is 0.279 e. The third kappa shape index (κ3) is 4.13. The maximum Gasteiger partial charge on any atom is 0.279 e. The molecule has 1 aliphatic rings. The first-order valence-corrected chi connectivity index (χ1v) is 12.5. The summed E-state index contributed by atoms with van der Waals surface area (Å²) in [6, 6.07) is 9.73. The van der Waals surface area contributed by atoms with Crippen molar-refractivity contribution < 1.29 is 13.2 Å². The van der Waals surface area contributed by atoms with Crippen molar-refractivity contribution in [3.8, 4) is 0 Å². The van der Waals surface area contributed by atoms with Crippen LogP contribution in [-0.2, 0) is 16.6 Å². The lowest BCUT2D eigenvalue weighted by Gasteiger charge is -2.15. The number of allylic oxidation sites excluding steroid dienone is 1. The Balaban J connectivity index is 1.71. The zero-order valence-electron chi connectivity index (χ0n) is 17.0. The van der Waals surface area contributed by atoms with Crippen molar-refractivity contribution in [3.63, 3.8) is 0 Å². The van der Waals surface area contributed by atoms with Crippen LogP contribution < -0.4 is 4.80 Å². The minimum Gasteiger partial charge on any atom is -0.312 e. The number of aryl methyl sites for hydroxylation is 1. The number of fused-ring (bicyclic) bond motifs is 1. The van der Waals surface area contributed by atoms with Crippen molar-refractivity contribution in [3.05, 3.63) is 70.0 Å². The van der Waals surface area contributed by atoms with Crippen LogP contribution in [0.15, 0.2) is 58.9 Å². The number of carbonyl (C=O) groups excluding carboxylic acids is 1. The van der Waals surface area contributed by atoms with Crippen molar-refractivity contribution in [2.24, 2.45) is 4.99 Å².